The quantitative estimate of drug-likeness (QED) is 0.344. The minimum atomic E-state index is -3.34. The van der Waals surface area contributed by atoms with Gasteiger partial charge < -0.3 is 9.47 Å². The highest BCUT2D eigenvalue weighted by molar-refractivity contribution is 6.03. The predicted molar refractivity (Wildman–Crippen MR) is 62.8 cm³/mol. The van der Waals surface area contributed by atoms with Gasteiger partial charge in [-0.3, -0.25) is 4.79 Å². The third-order valence-electron chi connectivity index (χ3n) is 2.36. The van der Waals surface area contributed by atoms with Gasteiger partial charge in [-0.2, -0.15) is 0 Å². The maximum Gasteiger partial charge on any atom is 0.339 e. The molecule has 0 N–H and O–H groups in total. The van der Waals surface area contributed by atoms with Gasteiger partial charge in [0.2, 0.25) is 5.78 Å². The Morgan fingerprint density at radius 2 is 1.89 bits per heavy atom. The summed E-state index contributed by atoms with van der Waals surface area (Å²) in [6.45, 7) is 3.08. The summed E-state index contributed by atoms with van der Waals surface area (Å²) in [5.41, 5.74) is -0.0542. The van der Waals surface area contributed by atoms with Crippen LogP contribution in [0.15, 0.2) is 43.0 Å². The summed E-state index contributed by atoms with van der Waals surface area (Å²) < 4.78 is 35.2. The molecule has 19 heavy (non-hydrogen) atoms. The van der Waals surface area contributed by atoms with Crippen LogP contribution in [0.25, 0.3) is 0 Å². The van der Waals surface area contributed by atoms with Gasteiger partial charge in [0.05, 0.1) is 0 Å². The Hall–Kier alpha value is -2.08. The lowest BCUT2D eigenvalue weighted by atomic mass is 10.0. The highest BCUT2D eigenvalue weighted by Crippen LogP contribution is 2.27. The van der Waals surface area contributed by atoms with Crippen LogP contribution in [0, 0.1) is 0 Å². The number of methoxy groups -OCH3 is 1. The maximum atomic E-state index is 13.1. The Kier molecular flexibility index (Phi) is 4.88. The molecule has 102 valence electrons. The van der Waals surface area contributed by atoms with Gasteiger partial charge in [0.15, 0.2) is 0 Å². The minimum Gasteiger partial charge on any atom is -0.416 e. The smallest absolute Gasteiger partial charge is 0.339 e. The number of hydrogen-bond acceptors (Lipinski definition) is 4. The van der Waals surface area contributed by atoms with Crippen molar-refractivity contribution in [2.45, 2.75) is 12.2 Å². The van der Waals surface area contributed by atoms with E-state index in [2.05, 4.69) is 16.1 Å². The van der Waals surface area contributed by atoms with Crippen molar-refractivity contribution in [2.24, 2.45) is 0 Å². The maximum absolute atomic E-state index is 13.1. The molecular formula is C13H12F2O4. The molecule has 6 heteroatoms. The molecule has 1 aromatic rings. The van der Waals surface area contributed by atoms with Crippen LogP contribution in [0.2, 0.25) is 0 Å². The molecule has 1 unspecified atom stereocenters. The normalized spacial score (nSPS) is 13.7. The molecule has 1 aromatic carbocycles. The molecular weight excluding hydrogens is 258 g/mol. The number of carbonyl (C=O) groups is 2. The number of carbonyl (C=O) groups excluding carboxylic acids is 2. The highest BCUT2D eigenvalue weighted by atomic mass is 19.3. The van der Waals surface area contributed by atoms with Crippen LogP contribution in [0.1, 0.15) is 10.4 Å². The van der Waals surface area contributed by atoms with Crippen molar-refractivity contribution in [3.63, 3.8) is 0 Å². The first-order valence-electron chi connectivity index (χ1n) is 5.26. The summed E-state index contributed by atoms with van der Waals surface area (Å²) >= 11 is 0. The average molecular weight is 270 g/mol. The Morgan fingerprint density at radius 1 is 1.32 bits per heavy atom. The number of hydrogen-bond donors (Lipinski definition) is 0. The number of esters is 1. The fraction of sp³-hybridized carbons (Fsp3) is 0.231. The largest absolute Gasteiger partial charge is 0.416 e. The van der Waals surface area contributed by atoms with E-state index < -0.39 is 24.0 Å². The monoisotopic (exact) mass is 270 g/mol. The molecule has 0 aromatic heterocycles. The van der Waals surface area contributed by atoms with Crippen LogP contribution >= 0.6 is 0 Å². The topological polar surface area (TPSA) is 52.6 Å². The Bertz CT molecular complexity index is 473. The minimum absolute atomic E-state index is 0.0542. The molecule has 0 amide bonds. The van der Waals surface area contributed by atoms with Crippen molar-refractivity contribution in [2.75, 3.05) is 7.11 Å². The average Bonchev–Trinajstić information content (AvgIpc) is 2.44. The lowest BCUT2D eigenvalue weighted by Gasteiger charge is -2.28. The first kappa shape index (κ1) is 15.0. The Morgan fingerprint density at radius 3 is 2.32 bits per heavy atom. The SMILES string of the molecule is C=CC(=O)OC(OC)(C(=O)c1ccccc1)C(F)F. The van der Waals surface area contributed by atoms with Gasteiger partial charge in [-0.05, 0) is 0 Å². The van der Waals surface area contributed by atoms with E-state index in [9.17, 15) is 18.4 Å². The summed E-state index contributed by atoms with van der Waals surface area (Å²) in [5, 5.41) is 0. The molecule has 0 saturated heterocycles. The van der Waals surface area contributed by atoms with Gasteiger partial charge >= 0.3 is 18.2 Å². The van der Waals surface area contributed by atoms with Crippen LogP contribution < -0.4 is 0 Å². The van der Waals surface area contributed by atoms with Crippen molar-refractivity contribution < 1.29 is 27.8 Å². The van der Waals surface area contributed by atoms with Gasteiger partial charge in [0, 0.05) is 18.7 Å². The summed E-state index contributed by atoms with van der Waals surface area (Å²) in [5.74, 6) is -5.28. The van der Waals surface area contributed by atoms with Crippen molar-refractivity contribution in [1.29, 1.82) is 0 Å². The molecule has 0 radical (unpaired) electrons. The van der Waals surface area contributed by atoms with E-state index in [0.29, 0.717) is 6.08 Å². The first-order valence-corrected chi connectivity index (χ1v) is 5.26. The number of ether oxygens (including phenoxy) is 2. The van der Waals surface area contributed by atoms with Crippen molar-refractivity contribution in [1.82, 2.24) is 0 Å². The second-order valence-electron chi connectivity index (χ2n) is 3.49. The van der Waals surface area contributed by atoms with Gasteiger partial charge in [-0.15, -0.1) is 0 Å². The third kappa shape index (κ3) is 3.03. The van der Waals surface area contributed by atoms with E-state index in [0.717, 1.165) is 7.11 Å². The molecule has 0 fully saturated rings. The second kappa shape index (κ2) is 6.19. The van der Waals surface area contributed by atoms with E-state index in [4.69, 9.17) is 0 Å². The van der Waals surface area contributed by atoms with Crippen LogP contribution in [0.3, 0.4) is 0 Å². The number of alkyl halides is 2. The fourth-order valence-corrected chi connectivity index (χ4v) is 1.40. The molecule has 0 spiro atoms. The third-order valence-corrected chi connectivity index (χ3v) is 2.36. The van der Waals surface area contributed by atoms with Crippen molar-refractivity contribution in [3.8, 4) is 0 Å². The van der Waals surface area contributed by atoms with Crippen molar-refractivity contribution in [3.05, 3.63) is 48.6 Å². The fourth-order valence-electron chi connectivity index (χ4n) is 1.40. The molecule has 1 atom stereocenters. The van der Waals surface area contributed by atoms with Gasteiger partial charge in [0.1, 0.15) is 0 Å². The van der Waals surface area contributed by atoms with E-state index in [-0.39, 0.29) is 5.56 Å². The van der Waals surface area contributed by atoms with Crippen LogP contribution in [-0.4, -0.2) is 31.1 Å². The molecule has 0 aliphatic rings. The molecule has 0 saturated carbocycles. The highest BCUT2D eigenvalue weighted by Gasteiger charge is 2.52. The number of Topliss-reactive ketones (excluding diaryl/α,β-unsaturated/α-hetero) is 1. The number of benzene rings is 1. The van der Waals surface area contributed by atoms with E-state index in [1.54, 1.807) is 6.07 Å². The van der Waals surface area contributed by atoms with E-state index in [1.807, 2.05) is 0 Å². The van der Waals surface area contributed by atoms with Crippen LogP contribution in [-0.2, 0) is 14.3 Å². The van der Waals surface area contributed by atoms with E-state index >= 15 is 0 Å². The lowest BCUT2D eigenvalue weighted by molar-refractivity contribution is -0.238. The standard InChI is InChI=1S/C13H12F2O4/c1-3-10(16)19-13(18-2,12(14)15)11(17)9-7-5-4-6-8-9/h3-8,12H,1H2,2H3. The van der Waals surface area contributed by atoms with Gasteiger partial charge in [0.25, 0.3) is 0 Å². The predicted octanol–water partition coefficient (Wildman–Crippen LogP) is 2.21. The van der Waals surface area contributed by atoms with Crippen LogP contribution in [0.4, 0.5) is 8.78 Å². The molecule has 0 aliphatic carbocycles. The zero-order chi connectivity index (χ0) is 14.5. The summed E-state index contributed by atoms with van der Waals surface area (Å²) in [7, 11) is 0.864. The molecule has 0 bridgehead atoms. The Labute approximate surface area is 108 Å². The molecule has 4 nitrogen and oxygen atoms in total. The number of ketones is 1. The van der Waals surface area contributed by atoms with Crippen LogP contribution in [0.5, 0.6) is 0 Å². The molecule has 0 aliphatic heterocycles. The van der Waals surface area contributed by atoms with Gasteiger partial charge in [-0.1, -0.05) is 36.9 Å². The molecule has 0 heterocycles. The lowest BCUT2D eigenvalue weighted by Crippen LogP contribution is -2.51. The zero-order valence-corrected chi connectivity index (χ0v) is 10.1. The van der Waals surface area contributed by atoms with E-state index in [1.165, 1.54) is 24.3 Å². The summed E-state index contributed by atoms with van der Waals surface area (Å²) in [6.07, 6.45) is -2.66. The van der Waals surface area contributed by atoms with Gasteiger partial charge in [-0.25, -0.2) is 13.6 Å². The number of rotatable bonds is 6. The summed E-state index contributed by atoms with van der Waals surface area (Å²) in [4.78, 5) is 23.2. The second-order valence-corrected chi connectivity index (χ2v) is 3.49. The first-order chi connectivity index (χ1) is 8.97. The number of halogens is 2. The Balaban J connectivity index is 3.20. The van der Waals surface area contributed by atoms with Crippen molar-refractivity contribution >= 4 is 11.8 Å². The zero-order valence-electron chi connectivity index (χ0n) is 10.1. The molecule has 1 rings (SSSR count). The summed E-state index contributed by atoms with van der Waals surface area (Å²) in [6, 6.07) is 7.24.